The largest absolute Gasteiger partial charge is 0.300 e. The van der Waals surface area contributed by atoms with Gasteiger partial charge in [-0.1, -0.05) is 20.8 Å². The van der Waals surface area contributed by atoms with Gasteiger partial charge in [-0.25, -0.2) is 0 Å². The second-order valence-corrected chi connectivity index (χ2v) is 3.90. The topological polar surface area (TPSA) is 51.2 Å². The molecule has 14 heavy (non-hydrogen) atoms. The summed E-state index contributed by atoms with van der Waals surface area (Å²) >= 11 is 0. The fourth-order valence-corrected chi connectivity index (χ4v) is 1.21. The molecule has 0 aliphatic carbocycles. The molecule has 0 aliphatic heterocycles. The quantitative estimate of drug-likeness (QED) is 0.484. The number of rotatable bonds is 6. The maximum absolute atomic E-state index is 11.7. The molecule has 0 saturated carbocycles. The number of carbonyl (C=O) groups is 3. The van der Waals surface area contributed by atoms with E-state index in [9.17, 15) is 14.4 Å². The predicted octanol–water partition coefficient (Wildman–Crippen LogP) is 1.93. The van der Waals surface area contributed by atoms with Gasteiger partial charge in [-0.15, -0.1) is 0 Å². The fourth-order valence-electron chi connectivity index (χ4n) is 1.21. The van der Waals surface area contributed by atoms with E-state index in [1.54, 1.807) is 6.92 Å². The van der Waals surface area contributed by atoms with Crippen LogP contribution in [0.5, 0.6) is 0 Å². The van der Waals surface area contributed by atoms with Gasteiger partial charge in [0, 0.05) is 5.41 Å². The van der Waals surface area contributed by atoms with Crippen LogP contribution in [0.25, 0.3) is 0 Å². The van der Waals surface area contributed by atoms with E-state index in [-0.39, 0.29) is 12.2 Å². The molecule has 0 aliphatic rings. The highest BCUT2D eigenvalue weighted by atomic mass is 16.2. The summed E-state index contributed by atoms with van der Waals surface area (Å²) in [5.74, 6) is -1.21. The molecule has 0 heterocycles. The Labute approximate surface area is 84.9 Å². The van der Waals surface area contributed by atoms with Crippen molar-refractivity contribution < 1.29 is 14.4 Å². The first-order valence-corrected chi connectivity index (χ1v) is 4.94. The van der Waals surface area contributed by atoms with E-state index in [1.807, 2.05) is 13.8 Å². The number of carbonyl (C=O) groups excluding carboxylic acids is 3. The zero-order valence-corrected chi connectivity index (χ0v) is 9.35. The minimum Gasteiger partial charge on any atom is -0.300 e. The Morgan fingerprint density at radius 2 is 1.50 bits per heavy atom. The summed E-state index contributed by atoms with van der Waals surface area (Å²) in [5, 5.41) is 0. The Morgan fingerprint density at radius 3 is 1.79 bits per heavy atom. The maximum atomic E-state index is 11.7. The molecule has 0 unspecified atom stereocenters. The molecule has 3 nitrogen and oxygen atoms in total. The summed E-state index contributed by atoms with van der Waals surface area (Å²) < 4.78 is 0. The smallest absolute Gasteiger partial charge is 0.206 e. The van der Waals surface area contributed by atoms with Crippen molar-refractivity contribution in [2.24, 2.45) is 5.41 Å². The van der Waals surface area contributed by atoms with E-state index in [0.717, 1.165) is 0 Å². The maximum Gasteiger partial charge on any atom is 0.206 e. The lowest BCUT2D eigenvalue weighted by atomic mass is 9.78. The van der Waals surface area contributed by atoms with Gasteiger partial charge in [-0.05, 0) is 19.8 Å². The second kappa shape index (κ2) is 5.03. The molecule has 3 heteroatoms. The van der Waals surface area contributed by atoms with E-state index in [2.05, 4.69) is 0 Å². The first-order chi connectivity index (χ1) is 6.37. The SMILES string of the molecule is CCC(C)(CC)C(=O)C(=O)CC(C)=O. The van der Waals surface area contributed by atoms with Crippen molar-refractivity contribution in [2.75, 3.05) is 0 Å². The van der Waals surface area contributed by atoms with Gasteiger partial charge >= 0.3 is 0 Å². The fraction of sp³-hybridized carbons (Fsp3) is 0.727. The standard InChI is InChI=1S/C11H18O3/c1-5-11(4,6-2)10(14)9(13)7-8(3)12/h5-7H2,1-4H3. The molecule has 0 fully saturated rings. The van der Waals surface area contributed by atoms with E-state index in [1.165, 1.54) is 6.92 Å². The first kappa shape index (κ1) is 13.0. The molecule has 0 atom stereocenters. The average molecular weight is 198 g/mol. The number of hydrogen-bond acceptors (Lipinski definition) is 3. The van der Waals surface area contributed by atoms with Crippen molar-refractivity contribution in [3.05, 3.63) is 0 Å². The Hall–Kier alpha value is -0.990. The van der Waals surface area contributed by atoms with E-state index >= 15 is 0 Å². The zero-order valence-electron chi connectivity index (χ0n) is 9.35. The number of ketones is 3. The minimum atomic E-state index is -0.591. The molecule has 0 bridgehead atoms. The van der Waals surface area contributed by atoms with Gasteiger partial charge in [0.2, 0.25) is 11.6 Å². The molecular weight excluding hydrogens is 180 g/mol. The summed E-state index contributed by atoms with van der Waals surface area (Å²) in [6, 6.07) is 0. The van der Waals surface area contributed by atoms with Crippen LogP contribution in [0.3, 0.4) is 0 Å². The van der Waals surface area contributed by atoms with E-state index < -0.39 is 17.0 Å². The molecule has 0 saturated heterocycles. The minimum absolute atomic E-state index is 0.252. The Morgan fingerprint density at radius 1 is 1.07 bits per heavy atom. The van der Waals surface area contributed by atoms with Crippen molar-refractivity contribution in [3.8, 4) is 0 Å². The number of hydrogen-bond donors (Lipinski definition) is 0. The van der Waals surface area contributed by atoms with Crippen molar-refractivity contribution >= 4 is 17.3 Å². The lowest BCUT2D eigenvalue weighted by Gasteiger charge is -2.23. The van der Waals surface area contributed by atoms with Crippen LogP contribution in [0.1, 0.15) is 47.0 Å². The van der Waals surface area contributed by atoms with Crippen molar-refractivity contribution in [1.29, 1.82) is 0 Å². The number of Topliss-reactive ketones (excluding diaryl/α,β-unsaturated/α-hetero) is 3. The molecule has 0 spiro atoms. The monoisotopic (exact) mass is 198 g/mol. The van der Waals surface area contributed by atoms with Gasteiger partial charge in [-0.3, -0.25) is 14.4 Å². The van der Waals surface area contributed by atoms with Crippen LogP contribution in [0.15, 0.2) is 0 Å². The second-order valence-electron chi connectivity index (χ2n) is 3.90. The molecule has 0 aromatic rings. The van der Waals surface area contributed by atoms with Gasteiger partial charge in [0.15, 0.2) is 0 Å². The highest BCUT2D eigenvalue weighted by Gasteiger charge is 2.34. The molecule has 0 aromatic carbocycles. The molecule has 80 valence electrons. The molecule has 0 radical (unpaired) electrons. The third kappa shape index (κ3) is 3.05. The first-order valence-electron chi connectivity index (χ1n) is 4.94. The Bertz CT molecular complexity index is 249. The molecular formula is C11H18O3. The molecule has 0 N–H and O–H groups in total. The van der Waals surface area contributed by atoms with Crippen LogP contribution in [0.2, 0.25) is 0 Å². The van der Waals surface area contributed by atoms with Gasteiger partial charge in [0.1, 0.15) is 5.78 Å². The van der Waals surface area contributed by atoms with E-state index in [4.69, 9.17) is 0 Å². The van der Waals surface area contributed by atoms with Gasteiger partial charge in [0.25, 0.3) is 0 Å². The molecule has 0 rings (SSSR count). The van der Waals surface area contributed by atoms with Gasteiger partial charge in [-0.2, -0.15) is 0 Å². The average Bonchev–Trinajstić information content (AvgIpc) is 2.14. The Balaban J connectivity index is 4.60. The van der Waals surface area contributed by atoms with Gasteiger partial charge in [0.05, 0.1) is 6.42 Å². The van der Waals surface area contributed by atoms with Crippen LogP contribution in [0.4, 0.5) is 0 Å². The lowest BCUT2D eigenvalue weighted by Crippen LogP contribution is -2.33. The third-order valence-electron chi connectivity index (χ3n) is 2.77. The van der Waals surface area contributed by atoms with Crippen LogP contribution < -0.4 is 0 Å². The van der Waals surface area contributed by atoms with Crippen LogP contribution >= 0.6 is 0 Å². The highest BCUT2D eigenvalue weighted by Crippen LogP contribution is 2.27. The normalized spacial score (nSPS) is 11.1. The summed E-state index contributed by atoms with van der Waals surface area (Å²) in [5.41, 5.74) is -0.591. The summed E-state index contributed by atoms with van der Waals surface area (Å²) in [6.45, 7) is 6.85. The summed E-state index contributed by atoms with van der Waals surface area (Å²) in [7, 11) is 0. The van der Waals surface area contributed by atoms with Crippen LogP contribution in [-0.2, 0) is 14.4 Å². The summed E-state index contributed by atoms with van der Waals surface area (Å²) in [4.78, 5) is 33.7. The highest BCUT2D eigenvalue weighted by molar-refractivity contribution is 6.41. The third-order valence-corrected chi connectivity index (χ3v) is 2.77. The van der Waals surface area contributed by atoms with Crippen molar-refractivity contribution in [1.82, 2.24) is 0 Å². The van der Waals surface area contributed by atoms with E-state index in [0.29, 0.717) is 12.8 Å². The van der Waals surface area contributed by atoms with Gasteiger partial charge < -0.3 is 0 Å². The summed E-state index contributed by atoms with van der Waals surface area (Å²) in [6.07, 6.45) is 1.01. The lowest BCUT2D eigenvalue weighted by molar-refractivity contribution is -0.143. The zero-order chi connectivity index (χ0) is 11.4. The van der Waals surface area contributed by atoms with Crippen LogP contribution in [0, 0.1) is 5.41 Å². The Kier molecular flexibility index (Phi) is 4.68. The van der Waals surface area contributed by atoms with Crippen molar-refractivity contribution in [3.63, 3.8) is 0 Å². The molecule has 0 amide bonds. The predicted molar refractivity (Wildman–Crippen MR) is 54.0 cm³/mol. The van der Waals surface area contributed by atoms with Crippen molar-refractivity contribution in [2.45, 2.75) is 47.0 Å². The van der Waals surface area contributed by atoms with Crippen LogP contribution in [-0.4, -0.2) is 17.3 Å². The molecule has 0 aromatic heterocycles.